The van der Waals surface area contributed by atoms with Crippen LogP contribution >= 0.6 is 0 Å². The van der Waals surface area contributed by atoms with Gasteiger partial charge in [-0.2, -0.15) is 0 Å². The average molecular weight is 335 g/mol. The molecule has 24 heavy (non-hydrogen) atoms. The summed E-state index contributed by atoms with van der Waals surface area (Å²) in [5.74, 6) is 0.125. The second-order valence-corrected chi connectivity index (χ2v) is 5.59. The summed E-state index contributed by atoms with van der Waals surface area (Å²) in [6, 6.07) is 3.34. The van der Waals surface area contributed by atoms with Crippen molar-refractivity contribution >= 4 is 17.4 Å². The van der Waals surface area contributed by atoms with Gasteiger partial charge in [0.25, 0.3) is 0 Å². The number of Topliss-reactive ketones (excluding diaryl/α,β-unsaturated/α-hetero) is 1. The van der Waals surface area contributed by atoms with Crippen molar-refractivity contribution in [2.24, 2.45) is 0 Å². The summed E-state index contributed by atoms with van der Waals surface area (Å²) in [7, 11) is 3.04. The summed E-state index contributed by atoms with van der Waals surface area (Å²) in [6.07, 6.45) is 0.976. The Kier molecular flexibility index (Phi) is 7.61. The molecule has 0 aromatic heterocycles. The van der Waals surface area contributed by atoms with E-state index in [1.165, 1.54) is 27.2 Å². The molecule has 6 heteroatoms. The number of ketones is 1. The first-order chi connectivity index (χ1) is 11.3. The third-order valence-electron chi connectivity index (χ3n) is 3.36. The first kappa shape index (κ1) is 19.9. The molecule has 132 valence electrons. The van der Waals surface area contributed by atoms with Crippen LogP contribution < -0.4 is 10.1 Å². The van der Waals surface area contributed by atoms with Gasteiger partial charge in [-0.15, -0.1) is 0 Å². The standard InChI is InChI=1S/C18H25NO5/c1-11(2)9-16(21)19-18-12(3)15(8-7-14(18)13(4)20)24-10-17(22-5)23-6/h7-9,17H,10H2,1-6H3,(H,19,21). The highest BCUT2D eigenvalue weighted by molar-refractivity contribution is 6.07. The zero-order valence-corrected chi connectivity index (χ0v) is 15.1. The molecule has 1 amide bonds. The molecule has 0 heterocycles. The van der Waals surface area contributed by atoms with Crippen molar-refractivity contribution in [2.75, 3.05) is 26.1 Å². The highest BCUT2D eigenvalue weighted by Gasteiger charge is 2.17. The van der Waals surface area contributed by atoms with E-state index in [0.29, 0.717) is 22.6 Å². The molecule has 1 aromatic rings. The van der Waals surface area contributed by atoms with E-state index in [0.717, 1.165) is 5.57 Å². The number of benzene rings is 1. The molecule has 0 fully saturated rings. The number of nitrogens with one attached hydrogen (secondary N) is 1. The number of hydrogen-bond acceptors (Lipinski definition) is 5. The third kappa shape index (κ3) is 5.47. The number of allylic oxidation sites excluding steroid dienone is 1. The van der Waals surface area contributed by atoms with Gasteiger partial charge in [-0.3, -0.25) is 9.59 Å². The minimum absolute atomic E-state index is 0.135. The number of rotatable bonds is 8. The lowest BCUT2D eigenvalue weighted by Gasteiger charge is -2.18. The highest BCUT2D eigenvalue weighted by atomic mass is 16.7. The fourth-order valence-corrected chi connectivity index (χ4v) is 2.11. The molecular formula is C18H25NO5. The number of ether oxygens (including phenoxy) is 3. The van der Waals surface area contributed by atoms with E-state index in [1.807, 2.05) is 13.8 Å². The van der Waals surface area contributed by atoms with Crippen molar-refractivity contribution in [3.63, 3.8) is 0 Å². The third-order valence-corrected chi connectivity index (χ3v) is 3.36. The Hall–Kier alpha value is -2.18. The summed E-state index contributed by atoms with van der Waals surface area (Å²) < 4.78 is 15.9. The van der Waals surface area contributed by atoms with E-state index in [1.54, 1.807) is 19.1 Å². The smallest absolute Gasteiger partial charge is 0.248 e. The zero-order valence-electron chi connectivity index (χ0n) is 15.1. The number of carbonyl (C=O) groups excluding carboxylic acids is 2. The summed E-state index contributed by atoms with van der Waals surface area (Å²) in [4.78, 5) is 23.9. The number of amides is 1. The van der Waals surface area contributed by atoms with Gasteiger partial charge in [0, 0.05) is 31.4 Å². The lowest BCUT2D eigenvalue weighted by molar-refractivity contribution is -0.122. The van der Waals surface area contributed by atoms with Crippen molar-refractivity contribution < 1.29 is 23.8 Å². The Balaban J connectivity index is 3.13. The lowest BCUT2D eigenvalue weighted by Crippen LogP contribution is -2.22. The van der Waals surface area contributed by atoms with Gasteiger partial charge in [0.2, 0.25) is 5.91 Å². The molecule has 0 atom stereocenters. The topological polar surface area (TPSA) is 73.9 Å². The van der Waals surface area contributed by atoms with Crippen LogP contribution in [0.25, 0.3) is 0 Å². The second-order valence-electron chi connectivity index (χ2n) is 5.59. The normalized spacial score (nSPS) is 10.5. The van der Waals surface area contributed by atoms with Crippen molar-refractivity contribution in [1.82, 2.24) is 0 Å². The number of carbonyl (C=O) groups is 2. The van der Waals surface area contributed by atoms with Crippen LogP contribution in [0, 0.1) is 6.92 Å². The molecule has 1 N–H and O–H groups in total. The van der Waals surface area contributed by atoms with E-state index >= 15 is 0 Å². The van der Waals surface area contributed by atoms with Crippen molar-refractivity contribution in [1.29, 1.82) is 0 Å². The number of anilines is 1. The Labute approximate surface area is 142 Å². The SMILES string of the molecule is COC(COc1ccc(C(C)=O)c(NC(=O)C=C(C)C)c1C)OC. The lowest BCUT2D eigenvalue weighted by atomic mass is 10.0. The van der Waals surface area contributed by atoms with E-state index in [-0.39, 0.29) is 18.3 Å². The van der Waals surface area contributed by atoms with E-state index < -0.39 is 6.29 Å². The molecule has 6 nitrogen and oxygen atoms in total. The van der Waals surface area contributed by atoms with Gasteiger partial charge in [-0.25, -0.2) is 0 Å². The van der Waals surface area contributed by atoms with Crippen LogP contribution in [0.1, 0.15) is 36.7 Å². The van der Waals surface area contributed by atoms with Gasteiger partial charge in [-0.1, -0.05) is 5.57 Å². The van der Waals surface area contributed by atoms with Gasteiger partial charge in [0.1, 0.15) is 12.4 Å². The van der Waals surface area contributed by atoms with Crippen molar-refractivity contribution in [3.8, 4) is 5.75 Å². The van der Waals surface area contributed by atoms with E-state index in [2.05, 4.69) is 5.32 Å². The molecule has 1 rings (SSSR count). The highest BCUT2D eigenvalue weighted by Crippen LogP contribution is 2.30. The molecule has 0 saturated carbocycles. The fraction of sp³-hybridized carbons (Fsp3) is 0.444. The first-order valence-corrected chi connectivity index (χ1v) is 7.59. The minimum Gasteiger partial charge on any atom is -0.488 e. The van der Waals surface area contributed by atoms with Crippen LogP contribution in [-0.2, 0) is 14.3 Å². The van der Waals surface area contributed by atoms with Crippen LogP contribution in [0.15, 0.2) is 23.8 Å². The monoisotopic (exact) mass is 335 g/mol. The molecule has 0 unspecified atom stereocenters. The number of methoxy groups -OCH3 is 2. The van der Waals surface area contributed by atoms with Crippen LogP contribution in [0.3, 0.4) is 0 Å². The molecular weight excluding hydrogens is 310 g/mol. The summed E-state index contributed by atoms with van der Waals surface area (Å²) >= 11 is 0. The van der Waals surface area contributed by atoms with Gasteiger partial charge in [-0.05, 0) is 39.8 Å². The minimum atomic E-state index is -0.499. The number of hydrogen-bond donors (Lipinski definition) is 1. The summed E-state index contributed by atoms with van der Waals surface area (Å²) in [5.41, 5.74) is 2.42. The molecule has 0 spiro atoms. The van der Waals surface area contributed by atoms with Gasteiger partial charge >= 0.3 is 0 Å². The Morgan fingerprint density at radius 3 is 2.29 bits per heavy atom. The summed E-state index contributed by atoms with van der Waals surface area (Å²) in [5, 5.41) is 2.77. The Bertz CT molecular complexity index is 629. The Morgan fingerprint density at radius 2 is 1.79 bits per heavy atom. The molecule has 0 aliphatic rings. The molecule has 0 radical (unpaired) electrons. The van der Waals surface area contributed by atoms with Crippen LogP contribution in [0.4, 0.5) is 5.69 Å². The van der Waals surface area contributed by atoms with Crippen LogP contribution in [0.5, 0.6) is 5.75 Å². The van der Waals surface area contributed by atoms with E-state index in [9.17, 15) is 9.59 Å². The molecule has 1 aromatic carbocycles. The zero-order chi connectivity index (χ0) is 18.3. The predicted molar refractivity (Wildman–Crippen MR) is 92.5 cm³/mol. The second kappa shape index (κ2) is 9.20. The van der Waals surface area contributed by atoms with Gasteiger partial charge in [0.15, 0.2) is 12.1 Å². The first-order valence-electron chi connectivity index (χ1n) is 7.59. The fourth-order valence-electron chi connectivity index (χ4n) is 2.11. The van der Waals surface area contributed by atoms with Crippen molar-refractivity contribution in [3.05, 3.63) is 34.9 Å². The maximum absolute atomic E-state index is 12.0. The van der Waals surface area contributed by atoms with Crippen molar-refractivity contribution in [2.45, 2.75) is 34.0 Å². The van der Waals surface area contributed by atoms with Gasteiger partial charge < -0.3 is 19.5 Å². The van der Waals surface area contributed by atoms with Crippen LogP contribution in [0.2, 0.25) is 0 Å². The maximum Gasteiger partial charge on any atom is 0.248 e. The molecule has 0 bridgehead atoms. The Morgan fingerprint density at radius 1 is 1.17 bits per heavy atom. The molecule has 0 aliphatic heterocycles. The van der Waals surface area contributed by atoms with Crippen LogP contribution in [-0.4, -0.2) is 38.8 Å². The molecule has 0 saturated heterocycles. The van der Waals surface area contributed by atoms with E-state index in [4.69, 9.17) is 14.2 Å². The maximum atomic E-state index is 12.0. The predicted octanol–water partition coefficient (Wildman–Crippen LogP) is 3.10. The largest absolute Gasteiger partial charge is 0.488 e. The summed E-state index contributed by atoms with van der Waals surface area (Å²) in [6.45, 7) is 7.09. The quantitative estimate of drug-likeness (QED) is 0.449. The van der Waals surface area contributed by atoms with Gasteiger partial charge in [0.05, 0.1) is 5.69 Å². The average Bonchev–Trinajstić information content (AvgIpc) is 2.50. The molecule has 0 aliphatic carbocycles.